The number of aromatic nitrogens is 1. The highest BCUT2D eigenvalue weighted by molar-refractivity contribution is 7.21. The standard InChI is InChI=1S/C16H9F3N4OS.CH5N/c17-16(18,19)8-3-1-7(2-4-8)11-9(5-20)14(22)23-15-12(11)13(21)10(6-24)25-15;1-2/h1-4,6H,21H2,(H2,22,23);2H2,1H3. The van der Waals surface area contributed by atoms with E-state index in [1.54, 1.807) is 0 Å². The molecule has 2 aromatic heterocycles. The van der Waals surface area contributed by atoms with Crippen LogP contribution in [0.5, 0.6) is 0 Å². The predicted octanol–water partition coefficient (Wildman–Crippen LogP) is 3.41. The number of aldehydes is 1. The number of carbonyl (C=O) groups is 1. The highest BCUT2D eigenvalue weighted by Gasteiger charge is 2.30. The molecule has 0 unspecified atom stereocenters. The van der Waals surface area contributed by atoms with Crippen molar-refractivity contribution < 1.29 is 18.0 Å². The lowest BCUT2D eigenvalue weighted by Crippen LogP contribution is -2.04. The Labute approximate surface area is 156 Å². The van der Waals surface area contributed by atoms with Crippen molar-refractivity contribution >= 4 is 39.3 Å². The Kier molecular flexibility index (Phi) is 5.68. The van der Waals surface area contributed by atoms with Gasteiger partial charge in [-0.25, -0.2) is 4.98 Å². The van der Waals surface area contributed by atoms with Crippen LogP contribution < -0.4 is 17.2 Å². The molecule has 0 saturated carbocycles. The molecule has 0 spiro atoms. The first-order valence-electron chi connectivity index (χ1n) is 7.40. The van der Waals surface area contributed by atoms with Crippen LogP contribution in [-0.4, -0.2) is 18.3 Å². The van der Waals surface area contributed by atoms with E-state index >= 15 is 0 Å². The first-order valence-corrected chi connectivity index (χ1v) is 8.21. The summed E-state index contributed by atoms with van der Waals surface area (Å²) < 4.78 is 38.3. The summed E-state index contributed by atoms with van der Waals surface area (Å²) >= 11 is 1.000. The van der Waals surface area contributed by atoms with E-state index < -0.39 is 11.7 Å². The lowest BCUT2D eigenvalue weighted by Gasteiger charge is -2.11. The first-order chi connectivity index (χ1) is 12.8. The summed E-state index contributed by atoms with van der Waals surface area (Å²) in [6.07, 6.45) is -3.92. The van der Waals surface area contributed by atoms with Crippen molar-refractivity contribution in [2.45, 2.75) is 6.18 Å². The van der Waals surface area contributed by atoms with E-state index in [1.807, 2.05) is 6.07 Å². The number of fused-ring (bicyclic) bond motifs is 1. The third-order valence-electron chi connectivity index (χ3n) is 3.65. The van der Waals surface area contributed by atoms with Gasteiger partial charge in [0.15, 0.2) is 6.29 Å². The fraction of sp³-hybridized carbons (Fsp3) is 0.118. The number of hydrogen-bond donors (Lipinski definition) is 3. The van der Waals surface area contributed by atoms with Crippen LogP contribution >= 0.6 is 11.3 Å². The third-order valence-corrected chi connectivity index (χ3v) is 4.68. The molecule has 0 radical (unpaired) electrons. The van der Waals surface area contributed by atoms with Crippen LogP contribution in [0.2, 0.25) is 0 Å². The third kappa shape index (κ3) is 3.55. The Balaban J connectivity index is 0.00000126. The van der Waals surface area contributed by atoms with Crippen molar-refractivity contribution in [3.63, 3.8) is 0 Å². The van der Waals surface area contributed by atoms with E-state index in [9.17, 15) is 23.2 Å². The molecule has 6 nitrogen and oxygen atoms in total. The van der Waals surface area contributed by atoms with Crippen LogP contribution in [-0.2, 0) is 6.18 Å². The van der Waals surface area contributed by atoms with Crippen molar-refractivity contribution in [1.82, 2.24) is 4.98 Å². The number of nitrogens with two attached hydrogens (primary N) is 3. The zero-order valence-electron chi connectivity index (χ0n) is 14.0. The molecule has 0 fully saturated rings. The first kappa shape index (κ1) is 20.2. The van der Waals surface area contributed by atoms with E-state index in [0.717, 1.165) is 23.5 Å². The molecule has 140 valence electrons. The van der Waals surface area contributed by atoms with Gasteiger partial charge in [0, 0.05) is 10.9 Å². The van der Waals surface area contributed by atoms with Crippen molar-refractivity contribution in [3.05, 3.63) is 40.3 Å². The van der Waals surface area contributed by atoms with Crippen molar-refractivity contribution in [2.75, 3.05) is 18.5 Å². The quantitative estimate of drug-likeness (QED) is 0.572. The van der Waals surface area contributed by atoms with Crippen LogP contribution in [0.1, 0.15) is 20.8 Å². The average molecular weight is 393 g/mol. The minimum atomic E-state index is -4.48. The van der Waals surface area contributed by atoms with Crippen LogP contribution in [0.15, 0.2) is 24.3 Å². The normalized spacial score (nSPS) is 10.8. The predicted molar refractivity (Wildman–Crippen MR) is 99.1 cm³/mol. The topological polar surface area (TPSA) is 132 Å². The van der Waals surface area contributed by atoms with Crippen LogP contribution in [0.3, 0.4) is 0 Å². The summed E-state index contributed by atoms with van der Waals surface area (Å²) in [6.45, 7) is 0. The molecule has 0 bridgehead atoms. The van der Waals surface area contributed by atoms with Gasteiger partial charge in [-0.1, -0.05) is 12.1 Å². The molecule has 3 rings (SSSR count). The second-order valence-electron chi connectivity index (χ2n) is 5.11. The molecular formula is C17H14F3N5OS. The lowest BCUT2D eigenvalue weighted by molar-refractivity contribution is -0.137. The number of hydrogen-bond acceptors (Lipinski definition) is 7. The summed E-state index contributed by atoms with van der Waals surface area (Å²) in [5.41, 5.74) is 16.2. The van der Waals surface area contributed by atoms with Crippen LogP contribution in [0.4, 0.5) is 24.7 Å². The van der Waals surface area contributed by atoms with Crippen molar-refractivity contribution in [3.8, 4) is 17.2 Å². The van der Waals surface area contributed by atoms with Crippen molar-refractivity contribution in [2.24, 2.45) is 5.73 Å². The number of nitrogens with zero attached hydrogens (tertiary/aromatic N) is 2. The number of thiophene rings is 1. The van der Waals surface area contributed by atoms with E-state index in [0.29, 0.717) is 22.1 Å². The minimum absolute atomic E-state index is 0.00536. The Morgan fingerprint density at radius 2 is 1.78 bits per heavy atom. The van der Waals surface area contributed by atoms with Gasteiger partial charge in [-0.2, -0.15) is 18.4 Å². The second-order valence-corrected chi connectivity index (χ2v) is 6.14. The number of carbonyl (C=O) groups excluding carboxylic acids is 1. The fourth-order valence-electron chi connectivity index (χ4n) is 2.50. The summed E-state index contributed by atoms with van der Waals surface area (Å²) in [6, 6.07) is 6.18. The fourth-order valence-corrected chi connectivity index (χ4v) is 3.43. The molecule has 0 aliphatic rings. The Bertz CT molecular complexity index is 1040. The summed E-state index contributed by atoms with van der Waals surface area (Å²) in [4.78, 5) is 15.7. The number of rotatable bonds is 2. The Morgan fingerprint density at radius 3 is 2.26 bits per heavy atom. The monoisotopic (exact) mass is 393 g/mol. The van der Waals surface area contributed by atoms with E-state index in [1.165, 1.54) is 19.2 Å². The van der Waals surface area contributed by atoms with Gasteiger partial charge in [-0.05, 0) is 24.7 Å². The van der Waals surface area contributed by atoms with E-state index in [4.69, 9.17) is 11.5 Å². The van der Waals surface area contributed by atoms with Crippen LogP contribution in [0.25, 0.3) is 21.3 Å². The SMILES string of the molecule is CN.N#Cc1c(N)nc2sc(C=O)c(N)c2c1-c1ccc(C(F)(F)F)cc1. The largest absolute Gasteiger partial charge is 0.416 e. The second kappa shape index (κ2) is 7.61. The van der Waals surface area contributed by atoms with Gasteiger partial charge in [0.2, 0.25) is 0 Å². The van der Waals surface area contributed by atoms with E-state index in [-0.39, 0.29) is 27.5 Å². The average Bonchev–Trinajstić information content (AvgIpc) is 2.97. The lowest BCUT2D eigenvalue weighted by atomic mass is 9.96. The number of nitrogen functional groups attached to an aromatic ring is 2. The summed E-state index contributed by atoms with van der Waals surface area (Å²) in [7, 11) is 1.50. The molecular weight excluding hydrogens is 379 g/mol. The molecule has 0 saturated heterocycles. The highest BCUT2D eigenvalue weighted by Crippen LogP contribution is 2.42. The Hall–Kier alpha value is -3.16. The highest BCUT2D eigenvalue weighted by atomic mass is 32.1. The molecule has 1 aromatic carbocycles. The van der Waals surface area contributed by atoms with Crippen molar-refractivity contribution in [1.29, 1.82) is 5.26 Å². The molecule has 0 aliphatic heterocycles. The van der Waals surface area contributed by atoms with Gasteiger partial charge in [0.25, 0.3) is 0 Å². The van der Waals surface area contributed by atoms with Gasteiger partial charge in [-0.15, -0.1) is 11.3 Å². The maximum absolute atomic E-state index is 12.8. The molecule has 0 amide bonds. The minimum Gasteiger partial charge on any atom is -0.397 e. The molecule has 0 atom stereocenters. The maximum atomic E-state index is 12.8. The molecule has 10 heteroatoms. The molecule has 3 aromatic rings. The summed E-state index contributed by atoms with van der Waals surface area (Å²) in [5, 5.41) is 9.73. The van der Waals surface area contributed by atoms with Gasteiger partial charge in [-0.3, -0.25) is 4.79 Å². The molecule has 6 N–H and O–H groups in total. The number of alkyl halides is 3. The number of nitriles is 1. The number of anilines is 2. The molecule has 27 heavy (non-hydrogen) atoms. The van der Waals surface area contributed by atoms with Gasteiger partial charge >= 0.3 is 6.18 Å². The smallest absolute Gasteiger partial charge is 0.397 e. The van der Waals surface area contributed by atoms with Gasteiger partial charge in [0.1, 0.15) is 22.3 Å². The zero-order chi connectivity index (χ0) is 20.4. The van der Waals surface area contributed by atoms with Gasteiger partial charge in [0.05, 0.1) is 16.1 Å². The number of halogens is 3. The molecule has 0 aliphatic carbocycles. The number of benzene rings is 1. The Morgan fingerprint density at radius 1 is 1.19 bits per heavy atom. The zero-order valence-corrected chi connectivity index (χ0v) is 14.8. The van der Waals surface area contributed by atoms with Crippen LogP contribution in [0, 0.1) is 11.3 Å². The number of pyridine rings is 1. The molecule has 2 heterocycles. The summed E-state index contributed by atoms with van der Waals surface area (Å²) in [5.74, 6) is -0.0800. The van der Waals surface area contributed by atoms with Gasteiger partial charge < -0.3 is 17.2 Å². The van der Waals surface area contributed by atoms with E-state index in [2.05, 4.69) is 10.7 Å². The maximum Gasteiger partial charge on any atom is 0.416 e.